The molecule has 10 heteroatoms. The van der Waals surface area contributed by atoms with Crippen LogP contribution in [0.15, 0.2) is 12.1 Å². The Kier molecular flexibility index (Phi) is 3.98. The van der Waals surface area contributed by atoms with E-state index in [0.29, 0.717) is 4.90 Å². The van der Waals surface area contributed by atoms with Crippen molar-refractivity contribution in [1.29, 1.82) is 0 Å². The van der Waals surface area contributed by atoms with Crippen LogP contribution in [0, 0.1) is 11.6 Å². The standard InChI is InChI=1S/C18H14F2N4O4/c1-21-5-23-15(25)7-3-9(19)12-14-11(7)8(16(23)26)4-10(20)13(14)18(28)24(6-22-2)17(12)27/h3-4,21-22H,5-6H2,1-2H3. The van der Waals surface area contributed by atoms with E-state index < -0.39 is 46.4 Å². The van der Waals surface area contributed by atoms with E-state index in [1.54, 1.807) is 0 Å². The van der Waals surface area contributed by atoms with Gasteiger partial charge in [0.05, 0.1) is 35.6 Å². The molecule has 0 bridgehead atoms. The molecule has 0 aromatic heterocycles. The Hall–Kier alpha value is -3.24. The third kappa shape index (κ3) is 2.15. The zero-order valence-electron chi connectivity index (χ0n) is 14.9. The van der Waals surface area contributed by atoms with Gasteiger partial charge in [0.1, 0.15) is 11.6 Å². The van der Waals surface area contributed by atoms with Crippen LogP contribution in [0.4, 0.5) is 8.78 Å². The van der Waals surface area contributed by atoms with Gasteiger partial charge in [0.25, 0.3) is 23.6 Å². The highest BCUT2D eigenvalue weighted by Gasteiger charge is 2.42. The number of nitrogens with one attached hydrogen (secondary N) is 2. The number of carbonyl (C=O) groups excluding carboxylic acids is 4. The summed E-state index contributed by atoms with van der Waals surface area (Å²) in [5.74, 6) is -5.66. The largest absolute Gasteiger partial charge is 0.302 e. The smallest absolute Gasteiger partial charge is 0.265 e. The van der Waals surface area contributed by atoms with Crippen LogP contribution in [0.5, 0.6) is 0 Å². The van der Waals surface area contributed by atoms with Crippen LogP contribution in [-0.4, -0.2) is 60.9 Å². The lowest BCUT2D eigenvalue weighted by Crippen LogP contribution is -2.47. The van der Waals surface area contributed by atoms with Crippen molar-refractivity contribution in [3.63, 3.8) is 0 Å². The maximum atomic E-state index is 14.9. The lowest BCUT2D eigenvalue weighted by molar-refractivity contribution is 0.0574. The van der Waals surface area contributed by atoms with Crippen LogP contribution in [-0.2, 0) is 0 Å². The number of amides is 4. The number of hydrogen-bond acceptors (Lipinski definition) is 6. The first-order valence-corrected chi connectivity index (χ1v) is 8.33. The Balaban J connectivity index is 2.13. The fraction of sp³-hybridized carbons (Fsp3) is 0.222. The van der Waals surface area contributed by atoms with Crippen molar-refractivity contribution in [3.05, 3.63) is 46.0 Å². The molecule has 2 aliphatic heterocycles. The summed E-state index contributed by atoms with van der Waals surface area (Å²) < 4.78 is 29.7. The number of imide groups is 2. The fourth-order valence-corrected chi connectivity index (χ4v) is 3.67. The Labute approximate surface area is 157 Å². The highest BCUT2D eigenvalue weighted by Crippen LogP contribution is 2.40. The lowest BCUT2D eigenvalue weighted by Gasteiger charge is -2.32. The van der Waals surface area contributed by atoms with Crippen LogP contribution >= 0.6 is 0 Å². The van der Waals surface area contributed by atoms with Crippen LogP contribution in [0.2, 0.25) is 0 Å². The molecule has 0 unspecified atom stereocenters. The molecule has 144 valence electrons. The summed E-state index contributed by atoms with van der Waals surface area (Å²) in [5.41, 5.74) is -1.48. The predicted octanol–water partition coefficient (Wildman–Crippen LogP) is 0.664. The number of halogens is 2. The Morgan fingerprint density at radius 3 is 1.50 bits per heavy atom. The molecule has 4 rings (SSSR count). The maximum absolute atomic E-state index is 14.9. The predicted molar refractivity (Wildman–Crippen MR) is 92.7 cm³/mol. The van der Waals surface area contributed by atoms with E-state index in [-0.39, 0.29) is 35.2 Å². The molecule has 4 amide bonds. The molecule has 2 aliphatic rings. The molecule has 0 aliphatic carbocycles. The van der Waals surface area contributed by atoms with Crippen molar-refractivity contribution in [1.82, 2.24) is 20.4 Å². The lowest BCUT2D eigenvalue weighted by atomic mass is 9.85. The van der Waals surface area contributed by atoms with Gasteiger partial charge in [-0.3, -0.25) is 29.0 Å². The van der Waals surface area contributed by atoms with Crippen molar-refractivity contribution in [3.8, 4) is 0 Å². The zero-order chi connectivity index (χ0) is 20.3. The molecule has 2 aromatic carbocycles. The molecular formula is C18H14F2N4O4. The number of rotatable bonds is 4. The van der Waals surface area contributed by atoms with Crippen molar-refractivity contribution in [2.45, 2.75) is 0 Å². The molecular weight excluding hydrogens is 374 g/mol. The number of benzene rings is 2. The summed E-state index contributed by atoms with van der Waals surface area (Å²) in [7, 11) is 2.97. The monoisotopic (exact) mass is 388 g/mol. The summed E-state index contributed by atoms with van der Waals surface area (Å²) in [6.07, 6.45) is 0. The van der Waals surface area contributed by atoms with Crippen LogP contribution < -0.4 is 10.6 Å². The van der Waals surface area contributed by atoms with Gasteiger partial charge in [0, 0.05) is 10.8 Å². The Bertz CT molecular complexity index is 1040. The summed E-state index contributed by atoms with van der Waals surface area (Å²) in [6, 6.07) is 1.71. The van der Waals surface area contributed by atoms with E-state index >= 15 is 0 Å². The third-order valence-electron chi connectivity index (χ3n) is 4.81. The molecule has 0 saturated heterocycles. The van der Waals surface area contributed by atoms with E-state index in [2.05, 4.69) is 10.6 Å². The molecule has 2 heterocycles. The Morgan fingerprint density at radius 2 is 1.11 bits per heavy atom. The van der Waals surface area contributed by atoms with Gasteiger partial charge in [-0.25, -0.2) is 8.78 Å². The first-order valence-electron chi connectivity index (χ1n) is 8.33. The van der Waals surface area contributed by atoms with E-state index in [1.807, 2.05) is 0 Å². The van der Waals surface area contributed by atoms with Gasteiger partial charge in [0.2, 0.25) is 0 Å². The maximum Gasteiger partial charge on any atom is 0.265 e. The van der Waals surface area contributed by atoms with Crippen molar-refractivity contribution in [2.75, 3.05) is 27.4 Å². The average Bonchev–Trinajstić information content (AvgIpc) is 2.65. The van der Waals surface area contributed by atoms with Crippen molar-refractivity contribution in [2.24, 2.45) is 0 Å². The first kappa shape index (κ1) is 18.1. The molecule has 0 atom stereocenters. The second-order valence-corrected chi connectivity index (χ2v) is 6.41. The zero-order valence-corrected chi connectivity index (χ0v) is 14.9. The van der Waals surface area contributed by atoms with E-state index in [9.17, 15) is 28.0 Å². The fourth-order valence-electron chi connectivity index (χ4n) is 3.67. The van der Waals surface area contributed by atoms with Crippen LogP contribution in [0.3, 0.4) is 0 Å². The minimum Gasteiger partial charge on any atom is -0.302 e. The second kappa shape index (κ2) is 6.14. The topological polar surface area (TPSA) is 98.8 Å². The van der Waals surface area contributed by atoms with Crippen LogP contribution in [0.25, 0.3) is 10.8 Å². The second-order valence-electron chi connectivity index (χ2n) is 6.41. The van der Waals surface area contributed by atoms with Gasteiger partial charge >= 0.3 is 0 Å². The highest BCUT2D eigenvalue weighted by molar-refractivity contribution is 6.33. The van der Waals surface area contributed by atoms with Crippen LogP contribution in [0.1, 0.15) is 41.4 Å². The normalized spacial score (nSPS) is 15.9. The highest BCUT2D eigenvalue weighted by atomic mass is 19.1. The molecule has 2 aromatic rings. The van der Waals surface area contributed by atoms with Gasteiger partial charge in [-0.05, 0) is 26.2 Å². The SMILES string of the molecule is CNCN1C(=O)c2cc(F)c3c4c(c(F)cc(c24)C1=O)C(=O)N(CNC)C3=O. The average molecular weight is 388 g/mol. The summed E-state index contributed by atoms with van der Waals surface area (Å²) in [4.78, 5) is 52.3. The molecule has 0 fully saturated rings. The summed E-state index contributed by atoms with van der Waals surface area (Å²) in [5, 5.41) is 4.82. The minimum absolute atomic E-state index is 0.0824. The molecule has 8 nitrogen and oxygen atoms in total. The minimum atomic E-state index is -1.06. The molecule has 0 radical (unpaired) electrons. The molecule has 2 N–H and O–H groups in total. The van der Waals surface area contributed by atoms with Gasteiger partial charge in [0.15, 0.2) is 0 Å². The molecule has 0 spiro atoms. The van der Waals surface area contributed by atoms with E-state index in [1.165, 1.54) is 14.1 Å². The first-order chi connectivity index (χ1) is 13.3. The van der Waals surface area contributed by atoms with Gasteiger partial charge in [-0.1, -0.05) is 0 Å². The van der Waals surface area contributed by atoms with Gasteiger partial charge < -0.3 is 10.6 Å². The van der Waals surface area contributed by atoms with Gasteiger partial charge in [-0.15, -0.1) is 0 Å². The number of hydrogen-bond donors (Lipinski definition) is 2. The van der Waals surface area contributed by atoms with Crippen molar-refractivity contribution >= 4 is 34.4 Å². The number of carbonyl (C=O) groups is 4. The molecule has 28 heavy (non-hydrogen) atoms. The summed E-state index contributed by atoms with van der Waals surface area (Å²) >= 11 is 0. The van der Waals surface area contributed by atoms with Crippen molar-refractivity contribution < 1.29 is 28.0 Å². The third-order valence-corrected chi connectivity index (χ3v) is 4.81. The molecule has 0 saturated carbocycles. The van der Waals surface area contributed by atoms with Gasteiger partial charge in [-0.2, -0.15) is 0 Å². The number of nitrogens with zero attached hydrogens (tertiary/aromatic N) is 2. The quantitative estimate of drug-likeness (QED) is 0.747. The van der Waals surface area contributed by atoms with E-state index in [4.69, 9.17) is 0 Å². The van der Waals surface area contributed by atoms with E-state index in [0.717, 1.165) is 17.0 Å². The Morgan fingerprint density at radius 1 is 0.714 bits per heavy atom. The summed E-state index contributed by atoms with van der Waals surface area (Å²) in [6.45, 7) is -0.423.